The van der Waals surface area contributed by atoms with Crippen molar-refractivity contribution in [2.75, 3.05) is 14.1 Å². The Labute approximate surface area is 89.9 Å². The van der Waals surface area contributed by atoms with Gasteiger partial charge in [-0.05, 0) is 11.6 Å². The van der Waals surface area contributed by atoms with Crippen LogP contribution in [0.5, 0.6) is 0 Å². The molecular formula is C6H10ClF2N5O. The SMILES string of the molecule is CN(C)C1=NC(Cl)=NC(N)N1OC(F)F. The van der Waals surface area contributed by atoms with Crippen LogP contribution in [0.1, 0.15) is 0 Å². The number of guanidine groups is 1. The van der Waals surface area contributed by atoms with Gasteiger partial charge in [0, 0.05) is 14.1 Å². The second-order valence-corrected chi connectivity index (χ2v) is 3.15. The maximum absolute atomic E-state index is 12.1. The number of amidine groups is 1. The molecule has 1 heterocycles. The molecule has 0 spiro atoms. The molecule has 9 heteroatoms. The number of hydroxylamine groups is 2. The van der Waals surface area contributed by atoms with Crippen molar-refractivity contribution >= 4 is 22.9 Å². The Bertz CT molecular complexity index is 295. The second kappa shape index (κ2) is 4.69. The molecule has 0 bridgehead atoms. The normalized spacial score (nSPS) is 21.5. The minimum atomic E-state index is -3.01. The molecule has 6 nitrogen and oxygen atoms in total. The fourth-order valence-electron chi connectivity index (χ4n) is 0.933. The van der Waals surface area contributed by atoms with Crippen LogP contribution in [0.2, 0.25) is 0 Å². The van der Waals surface area contributed by atoms with Gasteiger partial charge < -0.3 is 4.90 Å². The van der Waals surface area contributed by atoms with Crippen LogP contribution >= 0.6 is 11.6 Å². The summed E-state index contributed by atoms with van der Waals surface area (Å²) in [4.78, 5) is 12.9. The molecule has 1 aliphatic rings. The van der Waals surface area contributed by atoms with E-state index in [2.05, 4.69) is 14.8 Å². The average molecular weight is 242 g/mol. The highest BCUT2D eigenvalue weighted by Crippen LogP contribution is 2.12. The van der Waals surface area contributed by atoms with E-state index in [4.69, 9.17) is 17.3 Å². The number of hydrogen-bond donors (Lipinski definition) is 1. The largest absolute Gasteiger partial charge is 0.365 e. The van der Waals surface area contributed by atoms with Crippen LogP contribution in [0.15, 0.2) is 9.98 Å². The molecular weight excluding hydrogens is 232 g/mol. The van der Waals surface area contributed by atoms with E-state index in [0.29, 0.717) is 5.06 Å². The quantitative estimate of drug-likeness (QED) is 0.702. The van der Waals surface area contributed by atoms with Crippen LogP contribution < -0.4 is 5.73 Å². The lowest BCUT2D eigenvalue weighted by molar-refractivity contribution is -0.265. The Balaban J connectivity index is 2.89. The Morgan fingerprint density at radius 2 is 2.20 bits per heavy atom. The Kier molecular flexibility index (Phi) is 3.77. The van der Waals surface area contributed by atoms with Gasteiger partial charge in [-0.15, -0.1) is 0 Å². The molecule has 15 heavy (non-hydrogen) atoms. The van der Waals surface area contributed by atoms with E-state index in [1.807, 2.05) is 0 Å². The van der Waals surface area contributed by atoms with E-state index in [-0.39, 0.29) is 11.3 Å². The number of nitrogens with zero attached hydrogens (tertiary/aromatic N) is 4. The lowest BCUT2D eigenvalue weighted by atomic mass is 10.6. The first-order valence-electron chi connectivity index (χ1n) is 3.91. The van der Waals surface area contributed by atoms with Gasteiger partial charge in [-0.2, -0.15) is 23.7 Å². The third-order valence-electron chi connectivity index (χ3n) is 1.46. The fraction of sp³-hybridized carbons (Fsp3) is 0.667. The van der Waals surface area contributed by atoms with Crippen LogP contribution in [0, 0.1) is 0 Å². The molecule has 1 unspecified atom stereocenters. The number of nitrogens with two attached hydrogens (primary N) is 1. The standard InChI is InChI=1S/C6H10ClF2N5O/c1-13(2)6-12-3(7)11-5(10)14(6)15-4(8)9/h4-5H,10H2,1-2H3. The molecule has 0 aromatic heterocycles. The molecule has 1 rings (SSSR count). The van der Waals surface area contributed by atoms with Crippen molar-refractivity contribution in [1.82, 2.24) is 9.96 Å². The van der Waals surface area contributed by atoms with Crippen molar-refractivity contribution in [3.8, 4) is 0 Å². The highest BCUT2D eigenvalue weighted by atomic mass is 35.5. The van der Waals surface area contributed by atoms with E-state index in [0.717, 1.165) is 0 Å². The maximum atomic E-state index is 12.1. The molecule has 0 saturated heterocycles. The van der Waals surface area contributed by atoms with Gasteiger partial charge >= 0.3 is 6.61 Å². The van der Waals surface area contributed by atoms with E-state index in [1.165, 1.54) is 4.90 Å². The molecule has 0 aromatic rings. The van der Waals surface area contributed by atoms with Crippen molar-refractivity contribution in [2.24, 2.45) is 15.7 Å². The Hall–Kier alpha value is -0.990. The zero-order chi connectivity index (χ0) is 11.6. The highest BCUT2D eigenvalue weighted by molar-refractivity contribution is 6.65. The van der Waals surface area contributed by atoms with Crippen molar-refractivity contribution in [1.29, 1.82) is 0 Å². The molecule has 0 aliphatic carbocycles. The van der Waals surface area contributed by atoms with E-state index in [9.17, 15) is 8.78 Å². The Morgan fingerprint density at radius 3 is 2.67 bits per heavy atom. The van der Waals surface area contributed by atoms with Gasteiger partial charge in [0.1, 0.15) is 0 Å². The van der Waals surface area contributed by atoms with Crippen LogP contribution in [-0.4, -0.2) is 48.2 Å². The first-order valence-corrected chi connectivity index (χ1v) is 4.28. The van der Waals surface area contributed by atoms with Crippen molar-refractivity contribution < 1.29 is 13.6 Å². The predicted molar refractivity (Wildman–Crippen MR) is 51.3 cm³/mol. The molecule has 0 saturated carbocycles. The van der Waals surface area contributed by atoms with Gasteiger partial charge in [-0.3, -0.25) is 5.73 Å². The lowest BCUT2D eigenvalue weighted by Gasteiger charge is -2.32. The number of aliphatic imine (C=N–C) groups is 2. The summed E-state index contributed by atoms with van der Waals surface area (Å²) in [6.07, 6.45) is -1.14. The summed E-state index contributed by atoms with van der Waals surface area (Å²) in [6.45, 7) is -3.01. The summed E-state index contributed by atoms with van der Waals surface area (Å²) in [6, 6.07) is 0. The van der Waals surface area contributed by atoms with Gasteiger partial charge in [0.2, 0.25) is 17.5 Å². The fourth-order valence-corrected chi connectivity index (χ4v) is 1.11. The monoisotopic (exact) mass is 241 g/mol. The van der Waals surface area contributed by atoms with Gasteiger partial charge in [-0.25, -0.2) is 4.99 Å². The summed E-state index contributed by atoms with van der Waals surface area (Å²) in [5.41, 5.74) is 5.43. The van der Waals surface area contributed by atoms with Crippen LogP contribution in [0.3, 0.4) is 0 Å². The third kappa shape index (κ3) is 2.98. The van der Waals surface area contributed by atoms with Gasteiger partial charge in [0.05, 0.1) is 0 Å². The van der Waals surface area contributed by atoms with Gasteiger partial charge in [0.15, 0.2) is 0 Å². The Morgan fingerprint density at radius 1 is 1.60 bits per heavy atom. The first-order chi connectivity index (χ1) is 6.91. The lowest BCUT2D eigenvalue weighted by Crippen LogP contribution is -2.52. The summed E-state index contributed by atoms with van der Waals surface area (Å²) >= 11 is 5.54. The van der Waals surface area contributed by atoms with Crippen LogP contribution in [-0.2, 0) is 4.84 Å². The van der Waals surface area contributed by atoms with Gasteiger partial charge in [-0.1, -0.05) is 0 Å². The number of alkyl halides is 2. The van der Waals surface area contributed by atoms with E-state index in [1.54, 1.807) is 14.1 Å². The van der Waals surface area contributed by atoms with Gasteiger partial charge in [0.25, 0.3) is 0 Å². The topological polar surface area (TPSA) is 66.5 Å². The van der Waals surface area contributed by atoms with Crippen LogP contribution in [0.4, 0.5) is 8.78 Å². The summed E-state index contributed by atoms with van der Waals surface area (Å²) in [7, 11) is 3.17. The number of rotatable bonds is 2. The highest BCUT2D eigenvalue weighted by Gasteiger charge is 2.28. The molecule has 2 N–H and O–H groups in total. The zero-order valence-electron chi connectivity index (χ0n) is 8.06. The smallest absolute Gasteiger partial charge is 0.347 e. The summed E-state index contributed by atoms with van der Waals surface area (Å²) in [5, 5.41) is 0.580. The summed E-state index contributed by atoms with van der Waals surface area (Å²) < 4.78 is 24.1. The van der Waals surface area contributed by atoms with Crippen LogP contribution in [0.25, 0.3) is 0 Å². The summed E-state index contributed by atoms with van der Waals surface area (Å²) in [5.74, 6) is 0.0581. The van der Waals surface area contributed by atoms with E-state index < -0.39 is 12.9 Å². The third-order valence-corrected chi connectivity index (χ3v) is 1.64. The molecule has 1 atom stereocenters. The molecule has 0 fully saturated rings. The average Bonchev–Trinajstić information content (AvgIpc) is 2.08. The van der Waals surface area contributed by atoms with Crippen molar-refractivity contribution in [3.05, 3.63) is 0 Å². The number of hydrogen-bond acceptors (Lipinski definition) is 6. The first kappa shape index (κ1) is 12.1. The predicted octanol–water partition coefficient (Wildman–Crippen LogP) is 0.211. The number of halogens is 3. The van der Waals surface area contributed by atoms with Crippen molar-refractivity contribution in [2.45, 2.75) is 12.9 Å². The van der Waals surface area contributed by atoms with Crippen molar-refractivity contribution in [3.63, 3.8) is 0 Å². The maximum Gasteiger partial charge on any atom is 0.365 e. The minimum Gasteiger partial charge on any atom is -0.347 e. The van der Waals surface area contributed by atoms with E-state index >= 15 is 0 Å². The molecule has 1 aliphatic heterocycles. The molecule has 0 aromatic carbocycles. The second-order valence-electron chi connectivity index (χ2n) is 2.81. The molecule has 0 radical (unpaired) electrons. The molecule has 0 amide bonds. The zero-order valence-corrected chi connectivity index (χ0v) is 8.82. The molecule has 86 valence electrons. The minimum absolute atomic E-state index is 0.0581.